The summed E-state index contributed by atoms with van der Waals surface area (Å²) in [6, 6.07) is 5.43. The van der Waals surface area contributed by atoms with Crippen molar-refractivity contribution < 1.29 is 4.39 Å². The molecule has 3 rings (SSSR count). The van der Waals surface area contributed by atoms with E-state index in [1.807, 2.05) is 11.4 Å². The smallest absolute Gasteiger partial charge is 0.134 e. The molecule has 1 saturated heterocycles. The van der Waals surface area contributed by atoms with Gasteiger partial charge in [0.05, 0.1) is 11.7 Å². The first-order valence-corrected chi connectivity index (χ1v) is 7.55. The first-order valence-electron chi connectivity index (χ1n) is 5.88. The van der Waals surface area contributed by atoms with Gasteiger partial charge in [-0.25, -0.2) is 9.37 Å². The molecule has 2 heterocycles. The van der Waals surface area contributed by atoms with Gasteiger partial charge >= 0.3 is 0 Å². The molecule has 1 aromatic heterocycles. The molecule has 0 radical (unpaired) electrons. The van der Waals surface area contributed by atoms with Gasteiger partial charge in [0, 0.05) is 15.4 Å². The Balaban J connectivity index is 1.92. The van der Waals surface area contributed by atoms with Crippen molar-refractivity contribution in [3.8, 4) is 10.6 Å². The van der Waals surface area contributed by atoms with Gasteiger partial charge in [-0.3, -0.25) is 0 Å². The fraction of sp³-hybridized carbons (Fsp3) is 0.308. The van der Waals surface area contributed by atoms with Crippen LogP contribution in [0.2, 0.25) is 0 Å². The third-order valence-corrected chi connectivity index (χ3v) is 4.49. The topological polar surface area (TPSA) is 24.9 Å². The van der Waals surface area contributed by atoms with E-state index in [-0.39, 0.29) is 5.82 Å². The van der Waals surface area contributed by atoms with Gasteiger partial charge < -0.3 is 5.32 Å². The molecule has 2 nitrogen and oxygen atoms in total. The predicted octanol–water partition coefficient (Wildman–Crippen LogP) is 4.14. The van der Waals surface area contributed by atoms with E-state index in [9.17, 15) is 4.39 Å². The summed E-state index contributed by atoms with van der Waals surface area (Å²) in [5, 5.41) is 6.19. The second kappa shape index (κ2) is 5.07. The lowest BCUT2D eigenvalue weighted by molar-refractivity contribution is 0.626. The fourth-order valence-corrected chi connectivity index (χ4v) is 3.40. The summed E-state index contributed by atoms with van der Waals surface area (Å²) in [4.78, 5) is 4.55. The fourth-order valence-electron chi connectivity index (χ4n) is 2.17. The Labute approximate surface area is 117 Å². The number of benzene rings is 1. The summed E-state index contributed by atoms with van der Waals surface area (Å²) < 4.78 is 14.6. The minimum Gasteiger partial charge on any atom is -0.309 e. The molecule has 0 bridgehead atoms. The molecule has 0 saturated carbocycles. The van der Waals surface area contributed by atoms with Crippen molar-refractivity contribution in [3.05, 3.63) is 39.6 Å². The number of aromatic nitrogens is 1. The summed E-state index contributed by atoms with van der Waals surface area (Å²) in [5.41, 5.74) is 1.61. The van der Waals surface area contributed by atoms with E-state index in [4.69, 9.17) is 0 Å². The van der Waals surface area contributed by atoms with Gasteiger partial charge in [-0.2, -0.15) is 0 Å². The molecule has 18 heavy (non-hydrogen) atoms. The van der Waals surface area contributed by atoms with Crippen LogP contribution in [0.15, 0.2) is 28.1 Å². The summed E-state index contributed by atoms with van der Waals surface area (Å²) in [7, 11) is 0. The molecule has 0 aliphatic carbocycles. The highest BCUT2D eigenvalue weighted by Gasteiger charge is 2.20. The Bertz CT molecular complexity index is 564. The zero-order chi connectivity index (χ0) is 12.5. The SMILES string of the molecule is Fc1cc(Br)ccc1-c1nc([C@@H]2CCCN2)cs1. The second-order valence-electron chi connectivity index (χ2n) is 4.35. The third kappa shape index (κ3) is 2.35. The summed E-state index contributed by atoms with van der Waals surface area (Å²) in [5.74, 6) is -0.232. The normalized spacial score (nSPS) is 19.3. The highest BCUT2D eigenvalue weighted by molar-refractivity contribution is 9.10. The van der Waals surface area contributed by atoms with Gasteiger partial charge in [-0.1, -0.05) is 15.9 Å². The van der Waals surface area contributed by atoms with Gasteiger partial charge in [0.25, 0.3) is 0 Å². The zero-order valence-electron chi connectivity index (χ0n) is 9.62. The monoisotopic (exact) mass is 326 g/mol. The van der Waals surface area contributed by atoms with E-state index in [0.29, 0.717) is 11.6 Å². The maximum atomic E-state index is 13.8. The maximum absolute atomic E-state index is 13.8. The number of nitrogens with one attached hydrogen (secondary N) is 1. The van der Waals surface area contributed by atoms with E-state index in [1.54, 1.807) is 6.07 Å². The molecule has 0 amide bonds. The molecule has 1 N–H and O–H groups in total. The van der Waals surface area contributed by atoms with Gasteiger partial charge in [0.1, 0.15) is 10.8 Å². The van der Waals surface area contributed by atoms with Crippen molar-refractivity contribution in [2.45, 2.75) is 18.9 Å². The number of halogens is 2. The first kappa shape index (κ1) is 12.3. The Morgan fingerprint density at radius 2 is 2.33 bits per heavy atom. The lowest BCUT2D eigenvalue weighted by Crippen LogP contribution is -2.12. The van der Waals surface area contributed by atoms with E-state index >= 15 is 0 Å². The van der Waals surface area contributed by atoms with Crippen LogP contribution in [0.3, 0.4) is 0 Å². The molecule has 1 aliphatic heterocycles. The van der Waals surface area contributed by atoms with Crippen LogP contribution in [0.5, 0.6) is 0 Å². The highest BCUT2D eigenvalue weighted by Crippen LogP contribution is 2.31. The van der Waals surface area contributed by atoms with E-state index in [2.05, 4.69) is 26.2 Å². The van der Waals surface area contributed by atoms with Crippen molar-refractivity contribution in [2.24, 2.45) is 0 Å². The van der Waals surface area contributed by atoms with Crippen LogP contribution < -0.4 is 5.32 Å². The predicted molar refractivity (Wildman–Crippen MR) is 75.2 cm³/mol. The summed E-state index contributed by atoms with van der Waals surface area (Å²) in [6.45, 7) is 1.05. The molecule has 0 unspecified atom stereocenters. The van der Waals surface area contributed by atoms with E-state index in [0.717, 1.165) is 28.1 Å². The van der Waals surface area contributed by atoms with Crippen LogP contribution in [0, 0.1) is 5.82 Å². The lowest BCUT2D eigenvalue weighted by Gasteiger charge is -2.05. The maximum Gasteiger partial charge on any atom is 0.134 e. The van der Waals surface area contributed by atoms with Crippen molar-refractivity contribution >= 4 is 27.3 Å². The quantitative estimate of drug-likeness (QED) is 0.897. The molecule has 5 heteroatoms. The van der Waals surface area contributed by atoms with Crippen LogP contribution in [-0.4, -0.2) is 11.5 Å². The Morgan fingerprint density at radius 1 is 1.44 bits per heavy atom. The zero-order valence-corrected chi connectivity index (χ0v) is 12.0. The molecule has 1 fully saturated rings. The molecule has 94 valence electrons. The Kier molecular flexibility index (Phi) is 3.46. The van der Waals surface area contributed by atoms with E-state index in [1.165, 1.54) is 23.8 Å². The number of nitrogens with zero attached hydrogens (tertiary/aromatic N) is 1. The largest absolute Gasteiger partial charge is 0.309 e. The first-order chi connectivity index (χ1) is 8.74. The minimum absolute atomic E-state index is 0.232. The molecule has 0 spiro atoms. The van der Waals surface area contributed by atoms with E-state index < -0.39 is 0 Å². The number of hydrogen-bond acceptors (Lipinski definition) is 3. The standard InChI is InChI=1S/C13H12BrFN2S/c14-8-3-4-9(10(15)6-8)13-17-12(7-18-13)11-2-1-5-16-11/h3-4,6-7,11,16H,1-2,5H2/t11-/m0/s1. The van der Waals surface area contributed by atoms with Crippen LogP contribution >= 0.6 is 27.3 Å². The van der Waals surface area contributed by atoms with Crippen LogP contribution in [0.1, 0.15) is 24.6 Å². The van der Waals surface area contributed by atoms with Crippen LogP contribution in [0.4, 0.5) is 4.39 Å². The average molecular weight is 327 g/mol. The van der Waals surface area contributed by atoms with Gasteiger partial charge in [-0.05, 0) is 37.6 Å². The van der Waals surface area contributed by atoms with Crippen LogP contribution in [-0.2, 0) is 0 Å². The summed E-state index contributed by atoms with van der Waals surface area (Å²) >= 11 is 4.76. The molecule has 2 aromatic rings. The van der Waals surface area contributed by atoms with Gasteiger partial charge in [-0.15, -0.1) is 11.3 Å². The number of thiazole rings is 1. The highest BCUT2D eigenvalue weighted by atomic mass is 79.9. The molecular formula is C13H12BrFN2S. The third-order valence-electron chi connectivity index (χ3n) is 3.10. The number of hydrogen-bond donors (Lipinski definition) is 1. The second-order valence-corrected chi connectivity index (χ2v) is 6.12. The molecule has 1 atom stereocenters. The Hall–Kier alpha value is -0.780. The Morgan fingerprint density at radius 3 is 3.06 bits per heavy atom. The van der Waals surface area contributed by atoms with Gasteiger partial charge in [0.2, 0.25) is 0 Å². The number of rotatable bonds is 2. The average Bonchev–Trinajstić information content (AvgIpc) is 2.99. The van der Waals surface area contributed by atoms with Gasteiger partial charge in [0.15, 0.2) is 0 Å². The summed E-state index contributed by atoms with van der Waals surface area (Å²) in [6.07, 6.45) is 2.30. The van der Waals surface area contributed by atoms with Crippen molar-refractivity contribution in [3.63, 3.8) is 0 Å². The molecular weight excluding hydrogens is 315 g/mol. The molecule has 1 aliphatic rings. The molecule has 1 aromatic carbocycles. The van der Waals surface area contributed by atoms with Crippen LogP contribution in [0.25, 0.3) is 10.6 Å². The minimum atomic E-state index is -0.232. The van der Waals surface area contributed by atoms with Crippen molar-refractivity contribution in [2.75, 3.05) is 6.54 Å². The van der Waals surface area contributed by atoms with Crippen molar-refractivity contribution in [1.82, 2.24) is 10.3 Å². The lowest BCUT2D eigenvalue weighted by atomic mass is 10.2. The van der Waals surface area contributed by atoms with Crippen molar-refractivity contribution in [1.29, 1.82) is 0 Å².